The first-order valence-corrected chi connectivity index (χ1v) is 10.3. The fourth-order valence-electron chi connectivity index (χ4n) is 2.63. The Hall–Kier alpha value is -2.56. The topological polar surface area (TPSA) is 64.6 Å². The predicted molar refractivity (Wildman–Crippen MR) is 117 cm³/mol. The maximum absolute atomic E-state index is 12.6. The second-order valence-corrected chi connectivity index (χ2v) is 7.76. The lowest BCUT2D eigenvalue weighted by atomic mass is 10.0. The number of alkyl carbamates (subject to hydrolysis) is 1. The van der Waals surface area contributed by atoms with Crippen LogP contribution in [0.3, 0.4) is 0 Å². The molecule has 29 heavy (non-hydrogen) atoms. The molecule has 1 unspecified atom stereocenters. The summed E-state index contributed by atoms with van der Waals surface area (Å²) in [4.78, 5) is 24.8. The van der Waals surface area contributed by atoms with Gasteiger partial charge in [0.1, 0.15) is 18.2 Å². The molecule has 1 N–H and O–H groups in total. The van der Waals surface area contributed by atoms with Gasteiger partial charge in [0.15, 0.2) is 0 Å². The van der Waals surface area contributed by atoms with Crippen LogP contribution in [-0.2, 0) is 20.7 Å². The molecule has 1 aliphatic rings. The Labute approximate surface area is 175 Å². The van der Waals surface area contributed by atoms with Gasteiger partial charge in [-0.25, -0.2) is 9.59 Å². The smallest absolute Gasteiger partial charge is 0.408 e. The van der Waals surface area contributed by atoms with E-state index in [0.29, 0.717) is 6.42 Å². The van der Waals surface area contributed by atoms with Crippen LogP contribution in [0.25, 0.3) is 0 Å². The van der Waals surface area contributed by atoms with Crippen LogP contribution in [0.15, 0.2) is 48.1 Å². The average molecular weight is 402 g/mol. The summed E-state index contributed by atoms with van der Waals surface area (Å²) >= 11 is 0. The van der Waals surface area contributed by atoms with E-state index < -0.39 is 23.7 Å². The molecule has 0 saturated carbocycles. The third kappa shape index (κ3) is 9.97. The molecule has 5 heteroatoms. The number of ether oxygens (including phenoxy) is 2. The lowest BCUT2D eigenvalue weighted by Gasteiger charge is -2.23. The fourth-order valence-corrected chi connectivity index (χ4v) is 2.63. The molecule has 160 valence electrons. The number of rotatable bonds is 6. The summed E-state index contributed by atoms with van der Waals surface area (Å²) in [6.07, 6.45) is 7.75. The van der Waals surface area contributed by atoms with Crippen LogP contribution >= 0.6 is 0 Å². The second-order valence-electron chi connectivity index (χ2n) is 7.76. The van der Waals surface area contributed by atoms with Crippen molar-refractivity contribution in [1.82, 2.24) is 5.32 Å². The largest absolute Gasteiger partial charge is 0.459 e. The molecule has 0 aromatic heterocycles. The first kappa shape index (κ1) is 24.5. The minimum Gasteiger partial charge on any atom is -0.459 e. The minimum absolute atomic E-state index is 0.204. The highest BCUT2D eigenvalue weighted by molar-refractivity contribution is 5.82. The Morgan fingerprint density at radius 3 is 2.31 bits per heavy atom. The Morgan fingerprint density at radius 1 is 1.10 bits per heavy atom. The molecule has 0 saturated heterocycles. The molecule has 5 nitrogen and oxygen atoms in total. The van der Waals surface area contributed by atoms with E-state index in [2.05, 4.69) is 17.5 Å². The maximum Gasteiger partial charge on any atom is 0.408 e. The summed E-state index contributed by atoms with van der Waals surface area (Å²) in [5, 5.41) is 2.65. The lowest BCUT2D eigenvalue weighted by molar-refractivity contribution is -0.145. The number of hydrogen-bond donors (Lipinski definition) is 1. The number of carbonyl (C=O) groups is 2. The van der Waals surface area contributed by atoms with Gasteiger partial charge in [-0.2, -0.15) is 0 Å². The van der Waals surface area contributed by atoms with Crippen molar-refractivity contribution >= 4 is 12.1 Å². The summed E-state index contributed by atoms with van der Waals surface area (Å²) in [6, 6.07) is 7.03. The van der Waals surface area contributed by atoms with Crippen molar-refractivity contribution in [2.24, 2.45) is 0 Å². The van der Waals surface area contributed by atoms with Crippen molar-refractivity contribution < 1.29 is 19.1 Å². The molecule has 0 radical (unpaired) electrons. The van der Waals surface area contributed by atoms with Crippen molar-refractivity contribution in [1.29, 1.82) is 0 Å². The van der Waals surface area contributed by atoms with E-state index in [1.165, 1.54) is 0 Å². The molecule has 0 spiro atoms. The van der Waals surface area contributed by atoms with Gasteiger partial charge >= 0.3 is 12.1 Å². The third-order valence-corrected chi connectivity index (χ3v) is 3.99. The molecule has 2 rings (SSSR count). The predicted octanol–water partition coefficient (Wildman–Crippen LogP) is 5.28. The Morgan fingerprint density at radius 2 is 1.76 bits per heavy atom. The summed E-state index contributed by atoms with van der Waals surface area (Å²) in [5.74, 6) is -0.471. The molecule has 1 amide bonds. The number of carbonyl (C=O) groups excluding carboxylic acids is 2. The van der Waals surface area contributed by atoms with Gasteiger partial charge in [0.05, 0.1) is 0 Å². The van der Waals surface area contributed by atoms with Gasteiger partial charge in [0.2, 0.25) is 0 Å². The number of aryl methyl sites for hydroxylation is 1. The molecule has 0 aliphatic heterocycles. The first-order valence-electron chi connectivity index (χ1n) is 10.3. The van der Waals surface area contributed by atoms with E-state index in [0.717, 1.165) is 29.5 Å². The summed E-state index contributed by atoms with van der Waals surface area (Å²) < 4.78 is 10.7. The van der Waals surface area contributed by atoms with Crippen LogP contribution in [-0.4, -0.2) is 30.3 Å². The molecule has 1 aromatic rings. The quantitative estimate of drug-likeness (QED) is 0.659. The van der Waals surface area contributed by atoms with E-state index in [1.807, 2.05) is 51.1 Å². The number of amides is 1. The van der Waals surface area contributed by atoms with Crippen molar-refractivity contribution in [3.8, 4) is 0 Å². The normalized spacial score (nSPS) is 14.1. The number of benzene rings is 1. The minimum atomic E-state index is -0.810. The van der Waals surface area contributed by atoms with Gasteiger partial charge < -0.3 is 14.8 Å². The lowest BCUT2D eigenvalue weighted by Crippen LogP contribution is -2.45. The van der Waals surface area contributed by atoms with Gasteiger partial charge in [0, 0.05) is 6.42 Å². The van der Waals surface area contributed by atoms with Gasteiger partial charge in [-0.1, -0.05) is 61.9 Å². The summed E-state index contributed by atoms with van der Waals surface area (Å²) in [7, 11) is 0. The molecule has 1 aromatic carbocycles. The van der Waals surface area contributed by atoms with Crippen molar-refractivity contribution in [3.63, 3.8) is 0 Å². The van der Waals surface area contributed by atoms with Crippen LogP contribution in [0.2, 0.25) is 0 Å². The van der Waals surface area contributed by atoms with Crippen molar-refractivity contribution in [2.45, 2.75) is 72.4 Å². The number of allylic oxidation sites excluding steroid dienone is 2. The molecular formula is C24H35NO4. The summed E-state index contributed by atoms with van der Waals surface area (Å²) in [5.41, 5.74) is 2.41. The SMILES string of the molecule is CC.Cc1ccc(CC(NC(=O)OC(C)(C)C)C(=O)OCC2=CCCC=C2)cc1. The molecule has 1 atom stereocenters. The molecule has 0 fully saturated rings. The monoisotopic (exact) mass is 401 g/mol. The van der Waals surface area contributed by atoms with Crippen molar-refractivity contribution in [2.75, 3.05) is 6.61 Å². The average Bonchev–Trinajstić information content (AvgIpc) is 2.68. The molecular weight excluding hydrogens is 366 g/mol. The highest BCUT2D eigenvalue weighted by atomic mass is 16.6. The number of nitrogens with one attached hydrogen (secondary N) is 1. The summed E-state index contributed by atoms with van der Waals surface area (Å²) in [6.45, 7) is 11.5. The third-order valence-electron chi connectivity index (χ3n) is 3.99. The zero-order valence-electron chi connectivity index (χ0n) is 18.6. The zero-order chi connectivity index (χ0) is 21.9. The Kier molecular flexibility index (Phi) is 10.2. The maximum atomic E-state index is 12.6. The van der Waals surface area contributed by atoms with E-state index in [1.54, 1.807) is 20.8 Å². The van der Waals surface area contributed by atoms with Gasteiger partial charge in [-0.15, -0.1) is 0 Å². The fraction of sp³-hybridized carbons (Fsp3) is 0.500. The highest BCUT2D eigenvalue weighted by Gasteiger charge is 2.26. The van der Waals surface area contributed by atoms with E-state index >= 15 is 0 Å². The highest BCUT2D eigenvalue weighted by Crippen LogP contribution is 2.13. The van der Waals surface area contributed by atoms with E-state index in [4.69, 9.17) is 9.47 Å². The van der Waals surface area contributed by atoms with E-state index in [-0.39, 0.29) is 6.61 Å². The van der Waals surface area contributed by atoms with Gasteiger partial charge in [-0.3, -0.25) is 0 Å². The van der Waals surface area contributed by atoms with E-state index in [9.17, 15) is 9.59 Å². The van der Waals surface area contributed by atoms with Gasteiger partial charge in [-0.05, 0) is 51.7 Å². The number of hydrogen-bond acceptors (Lipinski definition) is 4. The van der Waals surface area contributed by atoms with Crippen LogP contribution in [0.5, 0.6) is 0 Å². The Balaban J connectivity index is 0.00000204. The zero-order valence-corrected chi connectivity index (χ0v) is 18.6. The van der Waals surface area contributed by atoms with Crippen molar-refractivity contribution in [3.05, 3.63) is 59.2 Å². The van der Waals surface area contributed by atoms with Crippen LogP contribution in [0, 0.1) is 6.92 Å². The van der Waals surface area contributed by atoms with Crippen LogP contribution < -0.4 is 5.32 Å². The van der Waals surface area contributed by atoms with Crippen LogP contribution in [0.1, 0.15) is 58.6 Å². The Bertz CT molecular complexity index is 711. The van der Waals surface area contributed by atoms with Crippen LogP contribution in [0.4, 0.5) is 4.79 Å². The standard InChI is InChI=1S/C22H29NO4.C2H6/c1-16-10-12-17(13-11-16)14-19(23-21(25)27-22(2,3)4)20(24)26-15-18-8-6-5-7-9-18;1-2/h6,8-13,19H,5,7,14-15H2,1-4H3,(H,23,25);1-2H3. The number of esters is 1. The van der Waals surface area contributed by atoms with Gasteiger partial charge in [0.25, 0.3) is 0 Å². The first-order chi connectivity index (χ1) is 13.7. The molecule has 1 aliphatic carbocycles. The molecule has 0 bridgehead atoms. The second kappa shape index (κ2) is 12.1. The molecule has 0 heterocycles.